The first kappa shape index (κ1) is 13.2. The fourth-order valence-electron chi connectivity index (χ4n) is 3.59. The molecule has 0 aromatic heterocycles. The first-order chi connectivity index (χ1) is 10.3. The number of halogens is 2. The molecule has 0 saturated carbocycles. The standard InChI is InChI=1S/C18H15Cl2N/c19-15-10-9-14-12-7-4-8-13(12)17(21-18(14)16(15)20)11-5-2-1-3-6-11/h1-7,9-10,12-13,17,21H,8H2/t12-,13+,17+/m1/s1. The maximum absolute atomic E-state index is 6.44. The van der Waals surface area contributed by atoms with Crippen LogP contribution >= 0.6 is 23.2 Å². The van der Waals surface area contributed by atoms with Gasteiger partial charge in [-0.2, -0.15) is 0 Å². The van der Waals surface area contributed by atoms with Crippen LogP contribution in [0.2, 0.25) is 10.0 Å². The highest BCUT2D eigenvalue weighted by Crippen LogP contribution is 2.52. The number of anilines is 1. The lowest BCUT2D eigenvalue weighted by molar-refractivity contribution is 0.425. The molecular formula is C18H15Cl2N. The number of hydrogen-bond donors (Lipinski definition) is 1. The van der Waals surface area contributed by atoms with E-state index in [9.17, 15) is 0 Å². The molecule has 4 rings (SSSR count). The number of benzene rings is 2. The molecule has 3 atom stereocenters. The van der Waals surface area contributed by atoms with Crippen molar-refractivity contribution in [2.45, 2.75) is 18.4 Å². The van der Waals surface area contributed by atoms with E-state index in [4.69, 9.17) is 23.2 Å². The Balaban J connectivity index is 1.85. The Labute approximate surface area is 134 Å². The maximum Gasteiger partial charge on any atom is 0.0826 e. The zero-order valence-electron chi connectivity index (χ0n) is 11.4. The molecule has 1 N–H and O–H groups in total. The maximum atomic E-state index is 6.44. The van der Waals surface area contributed by atoms with Crippen LogP contribution in [0.1, 0.15) is 29.5 Å². The summed E-state index contributed by atoms with van der Waals surface area (Å²) in [6, 6.07) is 14.9. The second kappa shape index (κ2) is 5.08. The molecule has 1 aliphatic carbocycles. The Kier molecular flexibility index (Phi) is 3.20. The number of fused-ring (bicyclic) bond motifs is 3. The quantitative estimate of drug-likeness (QED) is 0.654. The third kappa shape index (κ3) is 2.07. The summed E-state index contributed by atoms with van der Waals surface area (Å²) in [5.74, 6) is 0.957. The summed E-state index contributed by atoms with van der Waals surface area (Å²) < 4.78 is 0. The van der Waals surface area contributed by atoms with E-state index >= 15 is 0 Å². The molecule has 0 unspecified atom stereocenters. The fraction of sp³-hybridized carbons (Fsp3) is 0.222. The summed E-state index contributed by atoms with van der Waals surface area (Å²) in [4.78, 5) is 0. The van der Waals surface area contributed by atoms with Crippen LogP contribution in [0.25, 0.3) is 0 Å². The van der Waals surface area contributed by atoms with Gasteiger partial charge in [0.05, 0.1) is 21.8 Å². The van der Waals surface area contributed by atoms with Crippen LogP contribution in [0.4, 0.5) is 5.69 Å². The minimum Gasteiger partial charge on any atom is -0.376 e. The predicted molar refractivity (Wildman–Crippen MR) is 89.3 cm³/mol. The van der Waals surface area contributed by atoms with Crippen LogP contribution < -0.4 is 5.32 Å². The normalized spacial score (nSPS) is 26.1. The zero-order chi connectivity index (χ0) is 14.4. The minimum atomic E-state index is 0.273. The topological polar surface area (TPSA) is 12.0 Å². The van der Waals surface area contributed by atoms with Crippen molar-refractivity contribution in [2.75, 3.05) is 5.32 Å². The lowest BCUT2D eigenvalue weighted by atomic mass is 9.77. The summed E-state index contributed by atoms with van der Waals surface area (Å²) in [6.45, 7) is 0. The second-order valence-electron chi connectivity index (χ2n) is 5.71. The first-order valence-corrected chi connectivity index (χ1v) is 7.97. The third-order valence-electron chi connectivity index (χ3n) is 4.59. The molecular weight excluding hydrogens is 301 g/mol. The molecule has 106 valence electrons. The zero-order valence-corrected chi connectivity index (χ0v) is 12.9. The highest BCUT2D eigenvalue weighted by Gasteiger charge is 2.38. The monoisotopic (exact) mass is 315 g/mol. The van der Waals surface area contributed by atoms with Crippen LogP contribution in [0.5, 0.6) is 0 Å². The van der Waals surface area contributed by atoms with E-state index < -0.39 is 0 Å². The number of allylic oxidation sites excluding steroid dienone is 2. The molecule has 1 heterocycles. The molecule has 2 aliphatic rings. The second-order valence-corrected chi connectivity index (χ2v) is 6.50. The minimum absolute atomic E-state index is 0.273. The van der Waals surface area contributed by atoms with E-state index in [0.717, 1.165) is 12.1 Å². The molecule has 21 heavy (non-hydrogen) atoms. The summed E-state index contributed by atoms with van der Waals surface area (Å²) in [5, 5.41) is 4.88. The highest BCUT2D eigenvalue weighted by molar-refractivity contribution is 6.43. The summed E-state index contributed by atoms with van der Waals surface area (Å²) in [7, 11) is 0. The van der Waals surface area contributed by atoms with Gasteiger partial charge in [-0.1, -0.05) is 71.8 Å². The first-order valence-electron chi connectivity index (χ1n) is 7.22. The van der Waals surface area contributed by atoms with E-state index in [2.05, 4.69) is 53.9 Å². The molecule has 1 nitrogen and oxygen atoms in total. The van der Waals surface area contributed by atoms with Gasteiger partial charge in [-0.3, -0.25) is 0 Å². The molecule has 0 amide bonds. The van der Waals surface area contributed by atoms with Crippen LogP contribution in [0, 0.1) is 5.92 Å². The molecule has 2 aromatic rings. The Morgan fingerprint density at radius 2 is 1.81 bits per heavy atom. The van der Waals surface area contributed by atoms with Crippen LogP contribution in [0.3, 0.4) is 0 Å². The van der Waals surface area contributed by atoms with Gasteiger partial charge in [-0.25, -0.2) is 0 Å². The molecule has 1 aliphatic heterocycles. The molecule has 0 radical (unpaired) electrons. The van der Waals surface area contributed by atoms with E-state index in [-0.39, 0.29) is 6.04 Å². The van der Waals surface area contributed by atoms with Crippen molar-refractivity contribution >= 4 is 28.9 Å². The lowest BCUT2D eigenvalue weighted by Gasteiger charge is -2.38. The molecule has 2 aromatic carbocycles. The van der Waals surface area contributed by atoms with Gasteiger partial charge >= 0.3 is 0 Å². The molecule has 3 heteroatoms. The van der Waals surface area contributed by atoms with Gasteiger partial charge in [0.2, 0.25) is 0 Å². The van der Waals surface area contributed by atoms with Crippen molar-refractivity contribution in [3.8, 4) is 0 Å². The average Bonchev–Trinajstić information content (AvgIpc) is 3.00. The predicted octanol–water partition coefficient (Wildman–Crippen LogP) is 5.82. The third-order valence-corrected chi connectivity index (χ3v) is 5.39. The van der Waals surface area contributed by atoms with Crippen molar-refractivity contribution in [1.82, 2.24) is 0 Å². The van der Waals surface area contributed by atoms with Gasteiger partial charge < -0.3 is 5.32 Å². The molecule has 0 spiro atoms. The van der Waals surface area contributed by atoms with Gasteiger partial charge in [0.1, 0.15) is 0 Å². The van der Waals surface area contributed by atoms with Crippen molar-refractivity contribution in [3.05, 3.63) is 75.8 Å². The van der Waals surface area contributed by atoms with Crippen molar-refractivity contribution in [2.24, 2.45) is 5.92 Å². The van der Waals surface area contributed by atoms with Gasteiger partial charge in [-0.05, 0) is 29.5 Å². The van der Waals surface area contributed by atoms with E-state index in [0.29, 0.717) is 21.9 Å². The Morgan fingerprint density at radius 3 is 2.62 bits per heavy atom. The van der Waals surface area contributed by atoms with Gasteiger partial charge in [0, 0.05) is 5.92 Å². The molecule has 0 saturated heterocycles. The summed E-state index contributed by atoms with van der Waals surface area (Å²) in [5.41, 5.74) is 3.55. The molecule has 0 fully saturated rings. The smallest absolute Gasteiger partial charge is 0.0826 e. The van der Waals surface area contributed by atoms with E-state index in [1.54, 1.807) is 0 Å². The van der Waals surface area contributed by atoms with Gasteiger partial charge in [-0.15, -0.1) is 0 Å². The van der Waals surface area contributed by atoms with Crippen LogP contribution in [0.15, 0.2) is 54.6 Å². The Hall–Kier alpha value is -1.44. The van der Waals surface area contributed by atoms with Crippen molar-refractivity contribution in [1.29, 1.82) is 0 Å². The highest BCUT2D eigenvalue weighted by atomic mass is 35.5. The van der Waals surface area contributed by atoms with Crippen molar-refractivity contribution < 1.29 is 0 Å². The van der Waals surface area contributed by atoms with E-state index in [1.807, 2.05) is 6.07 Å². The average molecular weight is 316 g/mol. The summed E-state index contributed by atoms with van der Waals surface area (Å²) >= 11 is 12.6. The SMILES string of the molecule is Clc1ccc2c(c1Cl)N[C@@H](c1ccccc1)[C@H]1CC=C[C@@H]21. The van der Waals surface area contributed by atoms with Crippen LogP contribution in [-0.4, -0.2) is 0 Å². The van der Waals surface area contributed by atoms with E-state index in [1.165, 1.54) is 11.1 Å². The molecule has 0 bridgehead atoms. The lowest BCUT2D eigenvalue weighted by Crippen LogP contribution is -2.29. The van der Waals surface area contributed by atoms with Crippen molar-refractivity contribution in [3.63, 3.8) is 0 Å². The van der Waals surface area contributed by atoms with Crippen LogP contribution in [-0.2, 0) is 0 Å². The summed E-state index contributed by atoms with van der Waals surface area (Å²) in [6.07, 6.45) is 5.69. The Bertz CT molecular complexity index is 709. The number of hydrogen-bond acceptors (Lipinski definition) is 1. The van der Waals surface area contributed by atoms with Gasteiger partial charge in [0.25, 0.3) is 0 Å². The number of rotatable bonds is 1. The van der Waals surface area contributed by atoms with Gasteiger partial charge in [0.15, 0.2) is 0 Å². The number of nitrogens with one attached hydrogen (secondary N) is 1. The Morgan fingerprint density at radius 1 is 1.00 bits per heavy atom. The largest absolute Gasteiger partial charge is 0.376 e. The fourth-order valence-corrected chi connectivity index (χ4v) is 3.98.